The van der Waals surface area contributed by atoms with Crippen molar-refractivity contribution in [3.05, 3.63) is 24.3 Å². The van der Waals surface area contributed by atoms with Gasteiger partial charge in [-0.3, -0.25) is 4.31 Å². The van der Waals surface area contributed by atoms with Crippen LogP contribution in [0.1, 0.15) is 84.0 Å². The molecule has 1 aliphatic heterocycles. The van der Waals surface area contributed by atoms with Crippen molar-refractivity contribution in [1.29, 1.82) is 0 Å². The second-order valence-corrected chi connectivity index (χ2v) is 8.50. The van der Waals surface area contributed by atoms with E-state index >= 15 is 0 Å². The predicted molar refractivity (Wildman–Crippen MR) is 107 cm³/mol. The summed E-state index contributed by atoms with van der Waals surface area (Å²) in [6.45, 7) is 2.24. The number of benzene rings is 1. The van der Waals surface area contributed by atoms with Gasteiger partial charge in [-0.05, 0) is 25.0 Å². The van der Waals surface area contributed by atoms with Gasteiger partial charge in [0.2, 0.25) is 0 Å². The Labute approximate surface area is 187 Å². The zero-order valence-electron chi connectivity index (χ0n) is 17.0. The Morgan fingerprint density at radius 3 is 2.00 bits per heavy atom. The van der Waals surface area contributed by atoms with Crippen LogP contribution < -0.4 is 39.2 Å². The smallest absolute Gasteiger partial charge is 0.731 e. The third kappa shape index (κ3) is 8.32. The molecule has 0 bridgehead atoms. The average molecular weight is 405 g/mol. The van der Waals surface area contributed by atoms with E-state index in [1.807, 2.05) is 12.1 Å². The van der Waals surface area contributed by atoms with Crippen LogP contribution in [-0.2, 0) is 10.3 Å². The first-order valence-corrected chi connectivity index (χ1v) is 11.5. The van der Waals surface area contributed by atoms with Crippen molar-refractivity contribution in [2.24, 2.45) is 0 Å². The van der Waals surface area contributed by atoms with Crippen molar-refractivity contribution in [3.8, 4) is 0 Å². The van der Waals surface area contributed by atoms with Crippen molar-refractivity contribution in [2.75, 3.05) is 9.62 Å². The van der Waals surface area contributed by atoms with Crippen LogP contribution in [0.4, 0.5) is 11.4 Å². The maximum atomic E-state index is 11.6. The predicted octanol–water partition coefficient (Wildman–Crippen LogP) is 2.41. The Bertz CT molecular complexity index is 640. The molecule has 1 aromatic rings. The standard InChI is InChI=1S/C20H34N2O3S.Na/c1-2-3-4-5-6-7-8-9-10-11-12-17-20-21-18-15-13-14-16-19(18)22(20)26(23,24)25;/h13-16,20-21H,2-12,17H2,1H3,(H,23,24,25);/q;+1/p-1. The summed E-state index contributed by atoms with van der Waals surface area (Å²) < 4.78 is 35.9. The van der Waals surface area contributed by atoms with Gasteiger partial charge < -0.3 is 9.87 Å². The van der Waals surface area contributed by atoms with Gasteiger partial charge in [-0.1, -0.05) is 83.3 Å². The summed E-state index contributed by atoms with van der Waals surface area (Å²) in [5, 5.41) is 3.17. The number of fused-ring (bicyclic) bond motifs is 1. The molecule has 5 nitrogen and oxygen atoms in total. The summed E-state index contributed by atoms with van der Waals surface area (Å²) in [6, 6.07) is 7.09. The molecule has 148 valence electrons. The van der Waals surface area contributed by atoms with Crippen LogP contribution in [-0.4, -0.2) is 19.1 Å². The van der Waals surface area contributed by atoms with Gasteiger partial charge in [0.05, 0.1) is 11.4 Å². The van der Waals surface area contributed by atoms with E-state index in [-0.39, 0.29) is 29.6 Å². The van der Waals surface area contributed by atoms with Crippen molar-refractivity contribution >= 4 is 21.7 Å². The summed E-state index contributed by atoms with van der Waals surface area (Å²) in [4.78, 5) is 0. The van der Waals surface area contributed by atoms with Crippen LogP contribution in [0.5, 0.6) is 0 Å². The van der Waals surface area contributed by atoms with Crippen LogP contribution in [0, 0.1) is 0 Å². The molecule has 1 atom stereocenters. The number of hydrogen-bond donors (Lipinski definition) is 1. The van der Waals surface area contributed by atoms with E-state index in [1.165, 1.54) is 57.8 Å². The topological polar surface area (TPSA) is 72.5 Å². The molecule has 0 aromatic heterocycles. The fourth-order valence-electron chi connectivity index (χ4n) is 3.66. The van der Waals surface area contributed by atoms with Crippen LogP contribution >= 0.6 is 0 Å². The van der Waals surface area contributed by atoms with Gasteiger partial charge in [-0.15, -0.1) is 0 Å². The molecule has 1 unspecified atom stereocenters. The SMILES string of the molecule is CCCCCCCCCCCCCC1Nc2ccccc2N1S(=O)(=O)[O-].[Na+]. The second-order valence-electron chi connectivity index (χ2n) is 7.26. The van der Waals surface area contributed by atoms with Crippen molar-refractivity contribution in [3.63, 3.8) is 0 Å². The molecule has 0 aliphatic carbocycles. The first kappa shape index (κ1) is 24.8. The molecular weight excluding hydrogens is 371 g/mol. The minimum Gasteiger partial charge on any atom is -0.731 e. The molecule has 7 heteroatoms. The monoisotopic (exact) mass is 404 g/mol. The fraction of sp³-hybridized carbons (Fsp3) is 0.700. The third-order valence-corrected chi connectivity index (χ3v) is 6.00. The Morgan fingerprint density at radius 2 is 1.44 bits per heavy atom. The van der Waals surface area contributed by atoms with Crippen molar-refractivity contribution in [2.45, 2.75) is 90.1 Å². The summed E-state index contributed by atoms with van der Waals surface area (Å²) in [5.41, 5.74) is 1.19. The number of anilines is 2. The zero-order chi connectivity index (χ0) is 18.8. The first-order valence-electron chi connectivity index (χ1n) is 10.1. The second kappa shape index (κ2) is 13.0. The average Bonchev–Trinajstić information content (AvgIpc) is 2.98. The fourth-order valence-corrected chi connectivity index (χ4v) is 4.53. The van der Waals surface area contributed by atoms with Gasteiger partial charge in [0.15, 0.2) is 10.3 Å². The maximum Gasteiger partial charge on any atom is 1.00 e. The maximum absolute atomic E-state index is 11.6. The summed E-state index contributed by atoms with van der Waals surface area (Å²) in [6.07, 6.45) is 14.0. The van der Waals surface area contributed by atoms with E-state index in [1.54, 1.807) is 12.1 Å². The Kier molecular flexibility index (Phi) is 12.0. The number of nitrogens with one attached hydrogen (secondary N) is 1. The summed E-state index contributed by atoms with van der Waals surface area (Å²) in [5.74, 6) is 0. The molecule has 0 radical (unpaired) electrons. The van der Waals surface area contributed by atoms with E-state index in [2.05, 4.69) is 12.2 Å². The molecule has 2 rings (SSSR count). The molecule has 27 heavy (non-hydrogen) atoms. The molecule has 1 N–H and O–H groups in total. The van der Waals surface area contributed by atoms with Gasteiger partial charge in [0.25, 0.3) is 0 Å². The molecular formula is C20H33N2NaO3S. The molecule has 0 spiro atoms. The number of rotatable bonds is 13. The molecule has 0 saturated carbocycles. The van der Waals surface area contributed by atoms with Crippen LogP contribution in [0.3, 0.4) is 0 Å². The van der Waals surface area contributed by atoms with Gasteiger partial charge in [-0.25, -0.2) is 8.42 Å². The van der Waals surface area contributed by atoms with Crippen LogP contribution in [0.2, 0.25) is 0 Å². The molecule has 1 heterocycles. The minimum absolute atomic E-state index is 0. The molecule has 0 fully saturated rings. The van der Waals surface area contributed by atoms with Gasteiger partial charge >= 0.3 is 29.6 Å². The van der Waals surface area contributed by atoms with Gasteiger partial charge in [0, 0.05) is 0 Å². The van der Waals surface area contributed by atoms with Crippen molar-refractivity contribution in [1.82, 2.24) is 0 Å². The Hall–Kier alpha value is -0.270. The van der Waals surface area contributed by atoms with Crippen molar-refractivity contribution < 1.29 is 42.5 Å². The summed E-state index contributed by atoms with van der Waals surface area (Å²) in [7, 11) is -4.51. The summed E-state index contributed by atoms with van der Waals surface area (Å²) >= 11 is 0. The van der Waals surface area contributed by atoms with E-state index < -0.39 is 16.5 Å². The van der Waals surface area contributed by atoms with E-state index in [0.717, 1.165) is 22.8 Å². The van der Waals surface area contributed by atoms with Crippen LogP contribution in [0.25, 0.3) is 0 Å². The first-order chi connectivity index (χ1) is 12.5. The van der Waals surface area contributed by atoms with E-state index in [4.69, 9.17) is 0 Å². The van der Waals surface area contributed by atoms with E-state index in [9.17, 15) is 13.0 Å². The molecule has 1 aliphatic rings. The van der Waals surface area contributed by atoms with E-state index in [0.29, 0.717) is 12.1 Å². The van der Waals surface area contributed by atoms with Crippen LogP contribution in [0.15, 0.2) is 24.3 Å². The van der Waals surface area contributed by atoms with Gasteiger partial charge in [-0.2, -0.15) is 0 Å². The zero-order valence-corrected chi connectivity index (χ0v) is 19.8. The molecule has 0 amide bonds. The third-order valence-electron chi connectivity index (χ3n) is 5.07. The number of hydrogen-bond acceptors (Lipinski definition) is 4. The number of unbranched alkanes of at least 4 members (excludes halogenated alkanes) is 10. The van der Waals surface area contributed by atoms with Gasteiger partial charge in [0.1, 0.15) is 6.17 Å². The Balaban J connectivity index is 0.00000364. The largest absolute Gasteiger partial charge is 1.00 e. The Morgan fingerprint density at radius 1 is 0.926 bits per heavy atom. The number of para-hydroxylation sites is 2. The minimum atomic E-state index is -4.51. The molecule has 1 aromatic carbocycles. The number of nitrogens with zero attached hydrogens (tertiary/aromatic N) is 1. The molecule has 0 saturated heterocycles. The normalized spacial score (nSPS) is 15.9. The quantitative estimate of drug-likeness (QED) is 0.311.